The number of pyridine rings is 1. The quantitative estimate of drug-likeness (QED) is 0.676. The zero-order valence-corrected chi connectivity index (χ0v) is 15.8. The van der Waals surface area contributed by atoms with E-state index >= 15 is 0 Å². The minimum absolute atomic E-state index is 0.0355. The number of rotatable bonds is 6. The molecule has 0 spiro atoms. The van der Waals surface area contributed by atoms with E-state index in [1.165, 1.54) is 11.3 Å². The summed E-state index contributed by atoms with van der Waals surface area (Å²) >= 11 is 1.43. The number of nitrogens with zero attached hydrogens (tertiary/aromatic N) is 2. The van der Waals surface area contributed by atoms with Crippen molar-refractivity contribution in [2.24, 2.45) is 0 Å². The molecule has 1 unspecified atom stereocenters. The van der Waals surface area contributed by atoms with Crippen molar-refractivity contribution in [3.63, 3.8) is 0 Å². The number of nitrogens with one attached hydrogen (secondary N) is 1. The summed E-state index contributed by atoms with van der Waals surface area (Å²) in [5.41, 5.74) is 1.23. The Morgan fingerprint density at radius 1 is 1.26 bits per heavy atom. The summed E-state index contributed by atoms with van der Waals surface area (Å²) in [6.07, 6.45) is 6.05. The Hall–Kier alpha value is -2.48. The zero-order chi connectivity index (χ0) is 18.7. The van der Waals surface area contributed by atoms with Crippen LogP contribution in [0.15, 0.2) is 54.3 Å². The minimum atomic E-state index is -1.18. The standard InChI is InChI=1S/C20H21N3O3S/c1-20(24,19-22-9-11-27-19)14-2-3-18(26-16-6-10-25-13-16)17(12-14)23-15-4-7-21-8-5-15/h2-5,7-9,11-12,16,24H,6,10,13H2,1H3,(H,21,23)/t16-,20?/m0/s1. The molecule has 7 heteroatoms. The molecule has 2 aromatic heterocycles. The van der Waals surface area contributed by atoms with Gasteiger partial charge >= 0.3 is 0 Å². The predicted octanol–water partition coefficient (Wildman–Crippen LogP) is 3.71. The molecule has 1 fully saturated rings. The van der Waals surface area contributed by atoms with Crippen LogP contribution >= 0.6 is 11.3 Å². The van der Waals surface area contributed by atoms with Gasteiger partial charge in [0.25, 0.3) is 0 Å². The highest BCUT2D eigenvalue weighted by Crippen LogP contribution is 2.37. The second kappa shape index (κ2) is 7.64. The normalized spacial score (nSPS) is 18.8. The van der Waals surface area contributed by atoms with Gasteiger partial charge in [-0.2, -0.15) is 0 Å². The van der Waals surface area contributed by atoms with Crippen LogP contribution in [0.2, 0.25) is 0 Å². The number of anilines is 2. The Labute approximate surface area is 161 Å². The molecule has 27 heavy (non-hydrogen) atoms. The molecule has 1 saturated heterocycles. The van der Waals surface area contributed by atoms with Crippen molar-refractivity contribution in [2.45, 2.75) is 25.0 Å². The van der Waals surface area contributed by atoms with E-state index in [0.29, 0.717) is 18.2 Å². The van der Waals surface area contributed by atoms with E-state index in [9.17, 15) is 5.11 Å². The van der Waals surface area contributed by atoms with Crippen LogP contribution in [0.5, 0.6) is 5.75 Å². The van der Waals surface area contributed by atoms with E-state index in [0.717, 1.165) is 29.1 Å². The van der Waals surface area contributed by atoms with Gasteiger partial charge in [-0.3, -0.25) is 4.98 Å². The Morgan fingerprint density at radius 3 is 2.81 bits per heavy atom. The van der Waals surface area contributed by atoms with Crippen LogP contribution in [0.4, 0.5) is 11.4 Å². The molecule has 2 N–H and O–H groups in total. The first-order valence-corrected chi connectivity index (χ1v) is 9.69. The Balaban J connectivity index is 1.69. The van der Waals surface area contributed by atoms with Crippen LogP contribution in [-0.2, 0) is 10.3 Å². The van der Waals surface area contributed by atoms with E-state index in [4.69, 9.17) is 9.47 Å². The average molecular weight is 383 g/mol. The smallest absolute Gasteiger partial charge is 0.143 e. The SMILES string of the molecule is CC(O)(c1ccc(O[C@H]2CCOC2)c(Nc2ccncc2)c1)c1nccs1. The summed E-state index contributed by atoms with van der Waals surface area (Å²) < 4.78 is 11.6. The molecule has 0 bridgehead atoms. The van der Waals surface area contributed by atoms with Gasteiger partial charge in [-0.05, 0) is 36.8 Å². The van der Waals surface area contributed by atoms with Gasteiger partial charge < -0.3 is 19.9 Å². The number of ether oxygens (including phenoxy) is 2. The van der Waals surface area contributed by atoms with Crippen LogP contribution in [-0.4, -0.2) is 34.4 Å². The van der Waals surface area contributed by atoms with Gasteiger partial charge in [-0.1, -0.05) is 6.07 Å². The van der Waals surface area contributed by atoms with Crippen molar-refractivity contribution >= 4 is 22.7 Å². The molecule has 0 saturated carbocycles. The molecule has 0 radical (unpaired) electrons. The summed E-state index contributed by atoms with van der Waals surface area (Å²) in [5.74, 6) is 0.723. The molecule has 2 atom stereocenters. The lowest BCUT2D eigenvalue weighted by molar-refractivity contribution is 0.102. The molecule has 6 nitrogen and oxygen atoms in total. The Bertz CT molecular complexity index is 879. The van der Waals surface area contributed by atoms with E-state index in [1.807, 2.05) is 35.7 Å². The topological polar surface area (TPSA) is 76.5 Å². The highest BCUT2D eigenvalue weighted by Gasteiger charge is 2.29. The summed E-state index contributed by atoms with van der Waals surface area (Å²) in [7, 11) is 0. The van der Waals surface area contributed by atoms with Crippen LogP contribution in [0, 0.1) is 0 Å². The van der Waals surface area contributed by atoms with Gasteiger partial charge in [0.1, 0.15) is 22.5 Å². The molecule has 0 aliphatic carbocycles. The molecule has 4 rings (SSSR count). The van der Waals surface area contributed by atoms with Gasteiger partial charge in [-0.15, -0.1) is 11.3 Å². The molecule has 1 aliphatic heterocycles. The zero-order valence-electron chi connectivity index (χ0n) is 15.0. The van der Waals surface area contributed by atoms with Crippen molar-refractivity contribution in [2.75, 3.05) is 18.5 Å². The summed E-state index contributed by atoms with van der Waals surface area (Å²) in [4.78, 5) is 8.32. The summed E-state index contributed by atoms with van der Waals surface area (Å²) in [5, 5.41) is 16.9. The van der Waals surface area contributed by atoms with Crippen molar-refractivity contribution in [1.82, 2.24) is 9.97 Å². The third kappa shape index (κ3) is 3.95. The van der Waals surface area contributed by atoms with E-state index in [1.54, 1.807) is 25.5 Å². The first-order valence-electron chi connectivity index (χ1n) is 8.81. The van der Waals surface area contributed by atoms with Crippen molar-refractivity contribution < 1.29 is 14.6 Å². The van der Waals surface area contributed by atoms with Gasteiger partial charge in [0.2, 0.25) is 0 Å². The lowest BCUT2D eigenvalue weighted by Gasteiger charge is -2.24. The molecule has 1 aliphatic rings. The highest BCUT2D eigenvalue weighted by atomic mass is 32.1. The first kappa shape index (κ1) is 17.9. The molecule has 1 aromatic carbocycles. The maximum Gasteiger partial charge on any atom is 0.143 e. The number of aliphatic hydroxyl groups is 1. The fraction of sp³-hybridized carbons (Fsp3) is 0.300. The van der Waals surface area contributed by atoms with Crippen molar-refractivity contribution in [1.29, 1.82) is 0 Å². The average Bonchev–Trinajstić information content (AvgIpc) is 3.38. The fourth-order valence-corrected chi connectivity index (χ4v) is 3.72. The highest BCUT2D eigenvalue weighted by molar-refractivity contribution is 7.09. The van der Waals surface area contributed by atoms with E-state index < -0.39 is 5.60 Å². The second-order valence-corrected chi connectivity index (χ2v) is 7.48. The third-order valence-corrected chi connectivity index (χ3v) is 5.52. The number of hydrogen-bond donors (Lipinski definition) is 2. The van der Waals surface area contributed by atoms with Crippen LogP contribution < -0.4 is 10.1 Å². The van der Waals surface area contributed by atoms with Gasteiger partial charge in [0, 0.05) is 36.1 Å². The monoisotopic (exact) mass is 383 g/mol. The molecular weight excluding hydrogens is 362 g/mol. The molecule has 0 amide bonds. The van der Waals surface area contributed by atoms with E-state index in [2.05, 4.69) is 15.3 Å². The fourth-order valence-electron chi connectivity index (χ4n) is 3.00. The van der Waals surface area contributed by atoms with Gasteiger partial charge in [0.05, 0.1) is 18.9 Å². The van der Waals surface area contributed by atoms with Crippen molar-refractivity contribution in [3.05, 3.63) is 64.9 Å². The van der Waals surface area contributed by atoms with Gasteiger partial charge in [-0.25, -0.2) is 4.98 Å². The van der Waals surface area contributed by atoms with Crippen LogP contribution in [0.3, 0.4) is 0 Å². The Morgan fingerprint density at radius 2 is 2.11 bits per heavy atom. The van der Waals surface area contributed by atoms with Gasteiger partial charge in [0.15, 0.2) is 0 Å². The Kier molecular flexibility index (Phi) is 5.07. The number of thiazole rings is 1. The lowest BCUT2D eigenvalue weighted by atomic mass is 9.96. The minimum Gasteiger partial charge on any atom is -0.486 e. The summed E-state index contributed by atoms with van der Waals surface area (Å²) in [6.45, 7) is 3.06. The molecule has 3 heterocycles. The van der Waals surface area contributed by atoms with Crippen molar-refractivity contribution in [3.8, 4) is 5.75 Å². The maximum absolute atomic E-state index is 11.1. The lowest BCUT2D eigenvalue weighted by Crippen LogP contribution is -2.23. The van der Waals surface area contributed by atoms with E-state index in [-0.39, 0.29) is 6.10 Å². The molecular formula is C20H21N3O3S. The largest absolute Gasteiger partial charge is 0.486 e. The van der Waals surface area contributed by atoms with Crippen LogP contribution in [0.1, 0.15) is 23.9 Å². The maximum atomic E-state index is 11.1. The number of aromatic nitrogens is 2. The van der Waals surface area contributed by atoms with Crippen LogP contribution in [0.25, 0.3) is 0 Å². The number of benzene rings is 1. The third-order valence-electron chi connectivity index (χ3n) is 4.53. The second-order valence-electron chi connectivity index (χ2n) is 6.58. The first-order chi connectivity index (χ1) is 13.1. The number of hydrogen-bond acceptors (Lipinski definition) is 7. The molecule has 3 aromatic rings. The summed E-state index contributed by atoms with van der Waals surface area (Å²) in [6, 6.07) is 9.44. The predicted molar refractivity (Wildman–Crippen MR) is 105 cm³/mol. The molecule has 140 valence electrons.